The van der Waals surface area contributed by atoms with Crippen LogP contribution in [0.25, 0.3) is 0 Å². The van der Waals surface area contributed by atoms with Crippen LogP contribution in [-0.2, 0) is 20.3 Å². The van der Waals surface area contributed by atoms with E-state index in [-0.39, 0.29) is 6.61 Å². The first-order chi connectivity index (χ1) is 8.61. The normalized spacial score (nSPS) is 10.7. The molecule has 2 rings (SSSR count). The molecular formula is C13H15ClN2O2. The van der Waals surface area contributed by atoms with Crippen molar-refractivity contribution in [3.8, 4) is 5.75 Å². The molecule has 2 aromatic rings. The molecule has 0 spiro atoms. The van der Waals surface area contributed by atoms with Crippen LogP contribution in [0.2, 0.25) is 5.15 Å². The van der Waals surface area contributed by atoms with Gasteiger partial charge in [0, 0.05) is 12.6 Å². The molecule has 0 aliphatic carbocycles. The van der Waals surface area contributed by atoms with Gasteiger partial charge in [-0.3, -0.25) is 0 Å². The number of halogens is 1. The van der Waals surface area contributed by atoms with Crippen LogP contribution in [0.3, 0.4) is 0 Å². The molecule has 1 N–H and O–H groups in total. The van der Waals surface area contributed by atoms with Gasteiger partial charge in [-0.2, -0.15) is 0 Å². The fourth-order valence-electron chi connectivity index (χ4n) is 1.67. The lowest BCUT2D eigenvalue weighted by Gasteiger charge is -2.10. The van der Waals surface area contributed by atoms with E-state index in [0.717, 1.165) is 17.0 Å². The van der Waals surface area contributed by atoms with Crippen LogP contribution in [0.5, 0.6) is 5.75 Å². The molecule has 0 bridgehead atoms. The smallest absolute Gasteiger partial charge is 0.147 e. The van der Waals surface area contributed by atoms with E-state index in [1.54, 1.807) is 10.8 Å². The second-order valence-corrected chi connectivity index (χ2v) is 4.50. The Balaban J connectivity index is 2.13. The van der Waals surface area contributed by atoms with Gasteiger partial charge >= 0.3 is 0 Å². The monoisotopic (exact) mass is 266 g/mol. The van der Waals surface area contributed by atoms with Crippen molar-refractivity contribution < 1.29 is 9.84 Å². The third-order valence-corrected chi connectivity index (χ3v) is 3.12. The summed E-state index contributed by atoms with van der Waals surface area (Å²) in [5.41, 5.74) is 1.86. The maximum atomic E-state index is 9.28. The minimum atomic E-state index is -0.0433. The van der Waals surface area contributed by atoms with E-state index < -0.39 is 0 Å². The van der Waals surface area contributed by atoms with Crippen molar-refractivity contribution in [2.75, 3.05) is 0 Å². The summed E-state index contributed by atoms with van der Waals surface area (Å²) in [5, 5.41) is 9.85. The number of aliphatic hydroxyl groups is 1. The number of aromatic nitrogens is 2. The Morgan fingerprint density at radius 2 is 2.22 bits per heavy atom. The van der Waals surface area contributed by atoms with Crippen molar-refractivity contribution in [1.29, 1.82) is 0 Å². The molecule has 4 nitrogen and oxygen atoms in total. The van der Waals surface area contributed by atoms with Gasteiger partial charge in [-0.25, -0.2) is 4.98 Å². The maximum Gasteiger partial charge on any atom is 0.147 e. The first kappa shape index (κ1) is 12.9. The van der Waals surface area contributed by atoms with Crippen molar-refractivity contribution in [2.45, 2.75) is 20.1 Å². The molecule has 1 heterocycles. The van der Waals surface area contributed by atoms with Crippen molar-refractivity contribution in [3.05, 3.63) is 46.5 Å². The number of benzene rings is 1. The number of aryl methyl sites for hydroxylation is 1. The average molecular weight is 267 g/mol. The summed E-state index contributed by atoms with van der Waals surface area (Å²) in [6, 6.07) is 5.70. The van der Waals surface area contributed by atoms with Gasteiger partial charge in [-0.15, -0.1) is 0 Å². The molecule has 0 saturated carbocycles. The van der Waals surface area contributed by atoms with Crippen LogP contribution in [-0.4, -0.2) is 14.7 Å². The maximum absolute atomic E-state index is 9.28. The van der Waals surface area contributed by atoms with E-state index in [2.05, 4.69) is 4.98 Å². The van der Waals surface area contributed by atoms with Crippen LogP contribution >= 0.6 is 11.6 Å². The topological polar surface area (TPSA) is 47.3 Å². The fraction of sp³-hybridized carbons (Fsp3) is 0.308. The number of nitrogens with zero attached hydrogens (tertiary/aromatic N) is 2. The molecule has 96 valence electrons. The fourth-order valence-corrected chi connectivity index (χ4v) is 1.82. The standard InChI is InChI=1S/C13H15ClN2O2/c1-9-3-4-11(10(5-9)7-17)18-8-13-15-6-12(14)16(13)2/h3-6,17H,7-8H2,1-2H3. The van der Waals surface area contributed by atoms with E-state index in [4.69, 9.17) is 16.3 Å². The minimum absolute atomic E-state index is 0.0433. The van der Waals surface area contributed by atoms with Crippen molar-refractivity contribution in [1.82, 2.24) is 9.55 Å². The molecule has 0 amide bonds. The van der Waals surface area contributed by atoms with E-state index in [1.807, 2.05) is 32.2 Å². The van der Waals surface area contributed by atoms with Crippen molar-refractivity contribution >= 4 is 11.6 Å². The number of hydrogen-bond acceptors (Lipinski definition) is 3. The molecule has 0 unspecified atom stereocenters. The quantitative estimate of drug-likeness (QED) is 0.925. The Hall–Kier alpha value is -1.52. The van der Waals surface area contributed by atoms with Gasteiger partial charge in [0.25, 0.3) is 0 Å². The summed E-state index contributed by atoms with van der Waals surface area (Å²) in [6.45, 7) is 2.25. The summed E-state index contributed by atoms with van der Waals surface area (Å²) >= 11 is 5.90. The lowest BCUT2D eigenvalue weighted by molar-refractivity contribution is 0.254. The summed E-state index contributed by atoms with van der Waals surface area (Å²) in [4.78, 5) is 4.15. The van der Waals surface area contributed by atoms with Crippen LogP contribution in [0.15, 0.2) is 24.4 Å². The Bertz CT molecular complexity index is 552. The van der Waals surface area contributed by atoms with Gasteiger partial charge < -0.3 is 14.4 Å². The lowest BCUT2D eigenvalue weighted by atomic mass is 10.1. The molecule has 1 aromatic carbocycles. The van der Waals surface area contributed by atoms with Gasteiger partial charge in [0.15, 0.2) is 0 Å². The minimum Gasteiger partial charge on any atom is -0.485 e. The van der Waals surface area contributed by atoms with Crippen LogP contribution in [0.1, 0.15) is 17.0 Å². The average Bonchev–Trinajstić information content (AvgIpc) is 2.68. The zero-order valence-electron chi connectivity index (χ0n) is 10.4. The Labute approximate surface area is 111 Å². The molecule has 0 saturated heterocycles. The van der Waals surface area contributed by atoms with E-state index in [9.17, 15) is 5.11 Å². The number of ether oxygens (including phenoxy) is 1. The highest BCUT2D eigenvalue weighted by atomic mass is 35.5. The van der Waals surface area contributed by atoms with Crippen molar-refractivity contribution in [2.24, 2.45) is 7.05 Å². The van der Waals surface area contributed by atoms with Crippen LogP contribution in [0, 0.1) is 6.92 Å². The zero-order valence-corrected chi connectivity index (χ0v) is 11.1. The van der Waals surface area contributed by atoms with E-state index in [1.165, 1.54) is 0 Å². The van der Waals surface area contributed by atoms with Crippen LogP contribution < -0.4 is 4.74 Å². The zero-order chi connectivity index (χ0) is 13.1. The Morgan fingerprint density at radius 1 is 1.44 bits per heavy atom. The summed E-state index contributed by atoms with van der Waals surface area (Å²) < 4.78 is 7.42. The predicted octanol–water partition coefficient (Wildman–Crippen LogP) is 2.45. The molecule has 1 aromatic heterocycles. The Kier molecular flexibility index (Phi) is 3.89. The van der Waals surface area contributed by atoms with Gasteiger partial charge in [-0.05, 0) is 13.0 Å². The molecule has 5 heteroatoms. The number of hydrogen-bond donors (Lipinski definition) is 1. The van der Waals surface area contributed by atoms with Gasteiger partial charge in [0.1, 0.15) is 23.3 Å². The van der Waals surface area contributed by atoms with Gasteiger partial charge in [-0.1, -0.05) is 29.3 Å². The predicted molar refractivity (Wildman–Crippen MR) is 69.7 cm³/mol. The number of aliphatic hydroxyl groups excluding tert-OH is 1. The molecule has 0 fully saturated rings. The molecule has 0 radical (unpaired) electrons. The molecule has 0 aliphatic heterocycles. The Morgan fingerprint density at radius 3 is 2.83 bits per heavy atom. The van der Waals surface area contributed by atoms with E-state index in [0.29, 0.717) is 17.5 Å². The highest BCUT2D eigenvalue weighted by Gasteiger charge is 2.07. The van der Waals surface area contributed by atoms with Crippen molar-refractivity contribution in [3.63, 3.8) is 0 Å². The summed E-state index contributed by atoms with van der Waals surface area (Å²) in [5.74, 6) is 1.41. The number of imidazole rings is 1. The highest BCUT2D eigenvalue weighted by Crippen LogP contribution is 2.21. The molecule has 18 heavy (non-hydrogen) atoms. The first-order valence-corrected chi connectivity index (χ1v) is 5.99. The lowest BCUT2D eigenvalue weighted by Crippen LogP contribution is -2.05. The summed E-state index contributed by atoms with van der Waals surface area (Å²) in [7, 11) is 1.83. The summed E-state index contributed by atoms with van der Waals surface area (Å²) in [6.07, 6.45) is 1.59. The van der Waals surface area contributed by atoms with Gasteiger partial charge in [0.05, 0.1) is 12.8 Å². The largest absolute Gasteiger partial charge is 0.485 e. The molecule has 0 atom stereocenters. The van der Waals surface area contributed by atoms with E-state index >= 15 is 0 Å². The SMILES string of the molecule is Cc1ccc(OCc2ncc(Cl)n2C)c(CO)c1. The second kappa shape index (κ2) is 5.42. The molecule has 0 aliphatic rings. The van der Waals surface area contributed by atoms with Crippen LogP contribution in [0.4, 0.5) is 0 Å². The molecular weight excluding hydrogens is 252 g/mol. The highest BCUT2D eigenvalue weighted by molar-refractivity contribution is 6.29. The van der Waals surface area contributed by atoms with Gasteiger partial charge in [0.2, 0.25) is 0 Å². The third kappa shape index (κ3) is 2.66. The second-order valence-electron chi connectivity index (χ2n) is 4.11. The number of rotatable bonds is 4. The third-order valence-electron chi connectivity index (χ3n) is 2.77. The first-order valence-electron chi connectivity index (χ1n) is 5.61.